The third kappa shape index (κ3) is 3.97. The molecule has 1 aromatic rings. The summed E-state index contributed by atoms with van der Waals surface area (Å²) in [6, 6.07) is 0.484. The number of rotatable bonds is 6. The van der Waals surface area contributed by atoms with Gasteiger partial charge in [0, 0.05) is 30.7 Å². The largest absolute Gasteiger partial charge is 0.308 e. The molecule has 0 radical (unpaired) electrons. The van der Waals surface area contributed by atoms with Crippen molar-refractivity contribution in [2.24, 2.45) is 0 Å². The summed E-state index contributed by atoms with van der Waals surface area (Å²) in [5.74, 6) is 0. The maximum Gasteiger partial charge on any atom is 0.138 e. The molecule has 0 amide bonds. The number of hydrogen-bond donors (Lipinski definition) is 0. The molecule has 1 aromatic heterocycles. The van der Waals surface area contributed by atoms with Gasteiger partial charge in [-0.3, -0.25) is 4.90 Å². The minimum atomic E-state index is 0.484. The normalized spacial score (nSPS) is 13.7. The number of nitrogens with zero attached hydrogens (tertiary/aromatic N) is 4. The van der Waals surface area contributed by atoms with Crippen molar-refractivity contribution in [1.82, 2.24) is 19.4 Å². The van der Waals surface area contributed by atoms with Gasteiger partial charge in [-0.25, -0.2) is 0 Å². The summed E-state index contributed by atoms with van der Waals surface area (Å²) in [4.78, 5) is 4.54. The first-order valence-electron chi connectivity index (χ1n) is 5.40. The van der Waals surface area contributed by atoms with Crippen LogP contribution in [0.2, 0.25) is 4.34 Å². The molecule has 92 valence electrons. The minimum Gasteiger partial charge on any atom is -0.308 e. The van der Waals surface area contributed by atoms with E-state index in [0.717, 1.165) is 25.3 Å². The SMILES string of the molecule is CCN(Cc1nnsc1Cl)C(C)CN(C)C. The van der Waals surface area contributed by atoms with E-state index in [1.165, 1.54) is 11.5 Å². The van der Waals surface area contributed by atoms with Gasteiger partial charge in [-0.2, -0.15) is 0 Å². The molecule has 1 heterocycles. The maximum absolute atomic E-state index is 6.01. The van der Waals surface area contributed by atoms with Crippen molar-refractivity contribution in [1.29, 1.82) is 0 Å². The van der Waals surface area contributed by atoms with Crippen molar-refractivity contribution < 1.29 is 0 Å². The molecule has 0 saturated carbocycles. The predicted molar refractivity (Wildman–Crippen MR) is 69.0 cm³/mol. The molecule has 0 fully saturated rings. The van der Waals surface area contributed by atoms with Crippen LogP contribution in [0.25, 0.3) is 0 Å². The van der Waals surface area contributed by atoms with Crippen LogP contribution in [0.15, 0.2) is 0 Å². The Morgan fingerprint density at radius 3 is 2.56 bits per heavy atom. The smallest absolute Gasteiger partial charge is 0.138 e. The Morgan fingerprint density at radius 2 is 2.12 bits per heavy atom. The van der Waals surface area contributed by atoms with Crippen LogP contribution in [0, 0.1) is 0 Å². The fourth-order valence-electron chi connectivity index (χ4n) is 1.71. The van der Waals surface area contributed by atoms with E-state index in [-0.39, 0.29) is 0 Å². The van der Waals surface area contributed by atoms with Crippen molar-refractivity contribution in [3.63, 3.8) is 0 Å². The quantitative estimate of drug-likeness (QED) is 0.785. The zero-order valence-electron chi connectivity index (χ0n) is 10.3. The van der Waals surface area contributed by atoms with Crippen molar-refractivity contribution in [3.05, 3.63) is 10.0 Å². The lowest BCUT2D eigenvalue weighted by Crippen LogP contribution is -2.39. The fourth-order valence-corrected chi connectivity index (χ4v) is 2.32. The van der Waals surface area contributed by atoms with Crippen molar-refractivity contribution in [2.75, 3.05) is 27.2 Å². The number of likely N-dealkylation sites (N-methyl/N-ethyl adjacent to an activating group) is 2. The van der Waals surface area contributed by atoms with Crippen molar-refractivity contribution in [2.45, 2.75) is 26.4 Å². The Hall–Kier alpha value is -0.230. The van der Waals surface area contributed by atoms with Gasteiger partial charge in [-0.05, 0) is 27.6 Å². The summed E-state index contributed by atoms with van der Waals surface area (Å²) < 4.78 is 4.56. The molecule has 0 N–H and O–H groups in total. The van der Waals surface area contributed by atoms with Gasteiger partial charge in [-0.15, -0.1) is 5.10 Å². The average Bonchev–Trinajstić information content (AvgIpc) is 2.59. The van der Waals surface area contributed by atoms with E-state index in [1.54, 1.807) is 0 Å². The van der Waals surface area contributed by atoms with E-state index in [4.69, 9.17) is 11.6 Å². The first kappa shape index (κ1) is 13.8. The average molecular weight is 263 g/mol. The Kier molecular flexibility index (Phi) is 5.61. The fraction of sp³-hybridized carbons (Fsp3) is 0.800. The zero-order chi connectivity index (χ0) is 12.1. The highest BCUT2D eigenvalue weighted by Gasteiger charge is 2.16. The second kappa shape index (κ2) is 6.49. The molecule has 16 heavy (non-hydrogen) atoms. The molecular weight excluding hydrogens is 244 g/mol. The molecule has 0 aromatic carbocycles. The number of hydrogen-bond acceptors (Lipinski definition) is 5. The zero-order valence-corrected chi connectivity index (χ0v) is 11.8. The van der Waals surface area contributed by atoms with Crippen LogP contribution < -0.4 is 0 Å². The highest BCUT2D eigenvalue weighted by atomic mass is 35.5. The van der Waals surface area contributed by atoms with Crippen LogP contribution in [0.4, 0.5) is 0 Å². The highest BCUT2D eigenvalue weighted by Crippen LogP contribution is 2.19. The maximum atomic E-state index is 6.01. The van der Waals surface area contributed by atoms with Crippen molar-refractivity contribution in [3.8, 4) is 0 Å². The molecular formula is C10H19ClN4S. The van der Waals surface area contributed by atoms with Crippen LogP contribution in [-0.2, 0) is 6.54 Å². The molecule has 6 heteroatoms. The summed E-state index contributed by atoms with van der Waals surface area (Å²) in [5.41, 5.74) is 0.888. The van der Waals surface area contributed by atoms with Crippen molar-refractivity contribution >= 4 is 23.1 Å². The van der Waals surface area contributed by atoms with Crippen LogP contribution in [-0.4, -0.2) is 52.6 Å². The van der Waals surface area contributed by atoms with E-state index < -0.39 is 0 Å². The minimum absolute atomic E-state index is 0.484. The van der Waals surface area contributed by atoms with Crippen LogP contribution in [0.5, 0.6) is 0 Å². The lowest BCUT2D eigenvalue weighted by atomic mass is 10.2. The summed E-state index contributed by atoms with van der Waals surface area (Å²) in [6.07, 6.45) is 0. The number of halogens is 1. The Labute approximate surface area is 106 Å². The van der Waals surface area contributed by atoms with Crippen LogP contribution in [0.3, 0.4) is 0 Å². The molecule has 1 unspecified atom stereocenters. The van der Waals surface area contributed by atoms with E-state index in [0.29, 0.717) is 10.4 Å². The summed E-state index contributed by atoms with van der Waals surface area (Å²) in [6.45, 7) is 7.17. The van der Waals surface area contributed by atoms with Crippen LogP contribution >= 0.6 is 23.1 Å². The monoisotopic (exact) mass is 262 g/mol. The molecule has 0 bridgehead atoms. The van der Waals surface area contributed by atoms with Gasteiger partial charge in [0.05, 0.1) is 0 Å². The Morgan fingerprint density at radius 1 is 1.44 bits per heavy atom. The lowest BCUT2D eigenvalue weighted by molar-refractivity contribution is 0.172. The lowest BCUT2D eigenvalue weighted by Gasteiger charge is -2.29. The molecule has 1 rings (SSSR count). The van der Waals surface area contributed by atoms with Gasteiger partial charge < -0.3 is 4.90 Å². The van der Waals surface area contributed by atoms with Crippen LogP contribution in [0.1, 0.15) is 19.5 Å². The van der Waals surface area contributed by atoms with E-state index in [2.05, 4.69) is 47.3 Å². The van der Waals surface area contributed by atoms with E-state index >= 15 is 0 Å². The predicted octanol–water partition coefficient (Wildman–Crippen LogP) is 1.96. The summed E-state index contributed by atoms with van der Waals surface area (Å²) in [5, 5.41) is 4.05. The molecule has 1 atom stereocenters. The molecule has 0 aliphatic heterocycles. The third-order valence-electron chi connectivity index (χ3n) is 2.52. The van der Waals surface area contributed by atoms with Gasteiger partial charge in [0.15, 0.2) is 0 Å². The Balaban J connectivity index is 2.58. The van der Waals surface area contributed by atoms with Gasteiger partial charge in [-0.1, -0.05) is 23.0 Å². The third-order valence-corrected chi connectivity index (χ3v) is 3.51. The summed E-state index contributed by atoms with van der Waals surface area (Å²) >= 11 is 7.26. The van der Waals surface area contributed by atoms with Gasteiger partial charge in [0.2, 0.25) is 0 Å². The van der Waals surface area contributed by atoms with Gasteiger partial charge in [0.1, 0.15) is 10.0 Å². The first-order chi connectivity index (χ1) is 7.54. The molecule has 0 spiro atoms. The van der Waals surface area contributed by atoms with E-state index in [1.807, 2.05) is 0 Å². The van der Waals surface area contributed by atoms with Gasteiger partial charge >= 0.3 is 0 Å². The number of aromatic nitrogens is 2. The molecule has 0 aliphatic rings. The second-order valence-corrected chi connectivity index (χ2v) is 5.52. The highest BCUT2D eigenvalue weighted by molar-refractivity contribution is 7.10. The van der Waals surface area contributed by atoms with E-state index in [9.17, 15) is 0 Å². The second-order valence-electron chi connectivity index (χ2n) is 4.17. The molecule has 0 aliphatic carbocycles. The molecule has 0 saturated heterocycles. The molecule has 4 nitrogen and oxygen atoms in total. The standard InChI is InChI=1S/C10H19ClN4S/c1-5-15(8(2)6-14(3)4)7-9-10(11)16-13-12-9/h8H,5-7H2,1-4H3. The van der Waals surface area contributed by atoms with Gasteiger partial charge in [0.25, 0.3) is 0 Å². The summed E-state index contributed by atoms with van der Waals surface area (Å²) in [7, 11) is 4.17. The Bertz CT molecular complexity index is 316. The topological polar surface area (TPSA) is 32.3 Å². The first-order valence-corrected chi connectivity index (χ1v) is 6.55.